The second-order valence-corrected chi connectivity index (χ2v) is 4.43. The third-order valence-corrected chi connectivity index (χ3v) is 2.41. The minimum Gasteiger partial charge on any atom is -0.361 e. The van der Waals surface area contributed by atoms with Gasteiger partial charge in [0.1, 0.15) is 0 Å². The van der Waals surface area contributed by atoms with Crippen molar-refractivity contribution in [2.45, 2.75) is 20.4 Å². The van der Waals surface area contributed by atoms with E-state index in [-0.39, 0.29) is 0 Å². The summed E-state index contributed by atoms with van der Waals surface area (Å²) in [5, 5.41) is 1.24. The van der Waals surface area contributed by atoms with Gasteiger partial charge in [-0.25, -0.2) is 0 Å². The van der Waals surface area contributed by atoms with Crippen LogP contribution in [0.25, 0.3) is 10.9 Å². The Bertz CT molecular complexity index is 448. The third kappa shape index (κ3) is 2.84. The van der Waals surface area contributed by atoms with Crippen LogP contribution in [0.2, 0.25) is 0 Å². The van der Waals surface area contributed by atoms with Gasteiger partial charge in [-0.05, 0) is 29.0 Å². The molecule has 1 aromatic carbocycles. The van der Waals surface area contributed by atoms with Gasteiger partial charge in [-0.3, -0.25) is 0 Å². The summed E-state index contributed by atoms with van der Waals surface area (Å²) >= 11 is 0. The molecule has 1 aromatic heterocycles. The van der Waals surface area contributed by atoms with E-state index in [2.05, 4.69) is 48.6 Å². The van der Waals surface area contributed by atoms with Crippen molar-refractivity contribution >= 4 is 10.9 Å². The monoisotopic (exact) mass is 218 g/mol. The van der Waals surface area contributed by atoms with Gasteiger partial charge in [0.2, 0.25) is 0 Å². The number of benzene rings is 1. The zero-order valence-electron chi connectivity index (χ0n) is 9.79. The van der Waals surface area contributed by atoms with E-state index in [0.717, 1.165) is 13.2 Å². The summed E-state index contributed by atoms with van der Waals surface area (Å²) in [5.74, 6) is 0.554. The molecule has 1 heterocycles. The molecular formula is C13H18N2O. The van der Waals surface area contributed by atoms with E-state index in [4.69, 9.17) is 4.84 Å². The first kappa shape index (κ1) is 11.2. The first-order valence-electron chi connectivity index (χ1n) is 5.66. The van der Waals surface area contributed by atoms with Crippen LogP contribution in [0.1, 0.15) is 19.4 Å². The lowest BCUT2D eigenvalue weighted by molar-refractivity contribution is 0.0196. The lowest BCUT2D eigenvalue weighted by atomic mass is 10.2. The fraction of sp³-hybridized carbons (Fsp3) is 0.385. The first-order chi connectivity index (χ1) is 7.75. The van der Waals surface area contributed by atoms with Crippen LogP contribution in [0.5, 0.6) is 0 Å². The maximum absolute atomic E-state index is 5.33. The SMILES string of the molecule is CC(C)CONCc1ccc2cc[nH]c2c1. The number of fused-ring (bicyclic) bond motifs is 1. The maximum Gasteiger partial charge on any atom is 0.0705 e. The number of nitrogens with one attached hydrogen (secondary N) is 2. The van der Waals surface area contributed by atoms with Gasteiger partial charge in [-0.15, -0.1) is 0 Å². The fourth-order valence-corrected chi connectivity index (χ4v) is 1.56. The lowest BCUT2D eigenvalue weighted by Crippen LogP contribution is -2.17. The van der Waals surface area contributed by atoms with Crippen LogP contribution in [-0.4, -0.2) is 11.6 Å². The Morgan fingerprint density at radius 3 is 3.00 bits per heavy atom. The largest absolute Gasteiger partial charge is 0.361 e. The van der Waals surface area contributed by atoms with Gasteiger partial charge in [-0.2, -0.15) is 5.48 Å². The predicted octanol–water partition coefficient (Wildman–Crippen LogP) is 2.85. The zero-order chi connectivity index (χ0) is 11.4. The highest BCUT2D eigenvalue weighted by Gasteiger charge is 1.98. The van der Waals surface area contributed by atoms with Crippen LogP contribution < -0.4 is 5.48 Å². The molecule has 0 saturated heterocycles. The molecule has 2 N–H and O–H groups in total. The maximum atomic E-state index is 5.33. The minimum atomic E-state index is 0.554. The second-order valence-electron chi connectivity index (χ2n) is 4.43. The smallest absolute Gasteiger partial charge is 0.0705 e. The van der Waals surface area contributed by atoms with E-state index in [0.29, 0.717) is 5.92 Å². The molecule has 0 aliphatic rings. The topological polar surface area (TPSA) is 37.0 Å². The number of aromatic amines is 1. The molecule has 0 amide bonds. The minimum absolute atomic E-state index is 0.554. The van der Waals surface area contributed by atoms with Gasteiger partial charge in [-0.1, -0.05) is 26.0 Å². The molecule has 2 aromatic rings. The first-order valence-corrected chi connectivity index (χ1v) is 5.66. The van der Waals surface area contributed by atoms with Crippen molar-refractivity contribution in [3.63, 3.8) is 0 Å². The molecule has 0 atom stereocenters. The van der Waals surface area contributed by atoms with Crippen molar-refractivity contribution < 1.29 is 4.84 Å². The summed E-state index contributed by atoms with van der Waals surface area (Å²) in [4.78, 5) is 8.53. The molecule has 0 fully saturated rings. The number of hydroxylamine groups is 1. The molecule has 0 bridgehead atoms. The zero-order valence-corrected chi connectivity index (χ0v) is 9.79. The lowest BCUT2D eigenvalue weighted by Gasteiger charge is -2.07. The molecule has 86 valence electrons. The Morgan fingerprint density at radius 2 is 2.19 bits per heavy atom. The summed E-state index contributed by atoms with van der Waals surface area (Å²) < 4.78 is 0. The van der Waals surface area contributed by atoms with Gasteiger partial charge >= 0.3 is 0 Å². The second kappa shape index (κ2) is 5.14. The normalized spacial score (nSPS) is 11.4. The van der Waals surface area contributed by atoms with E-state index in [1.165, 1.54) is 16.5 Å². The number of hydrogen-bond acceptors (Lipinski definition) is 2. The molecule has 0 saturated carbocycles. The highest BCUT2D eigenvalue weighted by atomic mass is 16.6. The molecule has 3 heteroatoms. The number of rotatable bonds is 5. The molecule has 0 unspecified atom stereocenters. The van der Waals surface area contributed by atoms with Crippen molar-refractivity contribution in [1.82, 2.24) is 10.5 Å². The summed E-state index contributed by atoms with van der Waals surface area (Å²) in [7, 11) is 0. The van der Waals surface area contributed by atoms with Gasteiger partial charge in [0.15, 0.2) is 0 Å². The van der Waals surface area contributed by atoms with Gasteiger partial charge in [0.25, 0.3) is 0 Å². The molecule has 0 aliphatic carbocycles. The van der Waals surface area contributed by atoms with E-state index in [1.54, 1.807) is 0 Å². The molecule has 0 aliphatic heterocycles. The molecular weight excluding hydrogens is 200 g/mol. The number of H-pyrrole nitrogens is 1. The van der Waals surface area contributed by atoms with Crippen molar-refractivity contribution in [3.05, 3.63) is 36.0 Å². The van der Waals surface area contributed by atoms with E-state index >= 15 is 0 Å². The Morgan fingerprint density at radius 1 is 1.31 bits per heavy atom. The molecule has 0 spiro atoms. The van der Waals surface area contributed by atoms with Crippen LogP contribution in [0.4, 0.5) is 0 Å². The quantitative estimate of drug-likeness (QED) is 0.598. The summed E-state index contributed by atoms with van der Waals surface area (Å²) in [5.41, 5.74) is 5.37. The molecule has 2 rings (SSSR count). The van der Waals surface area contributed by atoms with E-state index in [1.807, 2.05) is 6.20 Å². The Balaban J connectivity index is 1.89. The average molecular weight is 218 g/mol. The highest BCUT2D eigenvalue weighted by molar-refractivity contribution is 5.79. The Hall–Kier alpha value is -1.32. The van der Waals surface area contributed by atoms with Crippen LogP contribution in [0.15, 0.2) is 30.5 Å². The van der Waals surface area contributed by atoms with Crippen molar-refractivity contribution in [2.24, 2.45) is 5.92 Å². The number of aromatic nitrogens is 1. The van der Waals surface area contributed by atoms with E-state index < -0.39 is 0 Å². The predicted molar refractivity (Wildman–Crippen MR) is 65.9 cm³/mol. The van der Waals surface area contributed by atoms with Crippen molar-refractivity contribution in [2.75, 3.05) is 6.61 Å². The molecule has 3 nitrogen and oxygen atoms in total. The van der Waals surface area contributed by atoms with Gasteiger partial charge < -0.3 is 9.82 Å². The van der Waals surface area contributed by atoms with E-state index in [9.17, 15) is 0 Å². The highest BCUT2D eigenvalue weighted by Crippen LogP contribution is 2.13. The molecule has 16 heavy (non-hydrogen) atoms. The summed E-state index contributed by atoms with van der Waals surface area (Å²) in [6, 6.07) is 8.44. The fourth-order valence-electron chi connectivity index (χ4n) is 1.56. The summed E-state index contributed by atoms with van der Waals surface area (Å²) in [6.07, 6.45) is 1.96. The summed E-state index contributed by atoms with van der Waals surface area (Å²) in [6.45, 7) is 5.74. The Labute approximate surface area is 95.8 Å². The van der Waals surface area contributed by atoms with Crippen LogP contribution in [0.3, 0.4) is 0 Å². The van der Waals surface area contributed by atoms with Gasteiger partial charge in [0.05, 0.1) is 6.61 Å². The van der Waals surface area contributed by atoms with Crippen LogP contribution >= 0.6 is 0 Å². The average Bonchev–Trinajstić information content (AvgIpc) is 2.71. The van der Waals surface area contributed by atoms with Crippen molar-refractivity contribution in [1.29, 1.82) is 0 Å². The Kier molecular flexibility index (Phi) is 3.59. The standard InChI is InChI=1S/C13H18N2O/c1-10(2)9-16-15-8-11-3-4-12-5-6-14-13(12)7-11/h3-7,10,14-15H,8-9H2,1-2H3. The van der Waals surface area contributed by atoms with Gasteiger partial charge in [0, 0.05) is 18.3 Å². The van der Waals surface area contributed by atoms with Crippen LogP contribution in [0, 0.1) is 5.92 Å². The van der Waals surface area contributed by atoms with Crippen LogP contribution in [-0.2, 0) is 11.4 Å². The van der Waals surface area contributed by atoms with Crippen molar-refractivity contribution in [3.8, 4) is 0 Å². The third-order valence-electron chi connectivity index (χ3n) is 2.41. The number of hydrogen-bond donors (Lipinski definition) is 2. The molecule has 0 radical (unpaired) electrons.